The molecule has 2 aliphatic rings. The number of rotatable bonds is 0. The predicted molar refractivity (Wildman–Crippen MR) is 39.7 cm³/mol. The van der Waals surface area contributed by atoms with Crippen molar-refractivity contribution in [3.63, 3.8) is 0 Å². The summed E-state index contributed by atoms with van der Waals surface area (Å²) in [4.78, 5) is 0. The summed E-state index contributed by atoms with van der Waals surface area (Å²) < 4.78 is 0. The highest BCUT2D eigenvalue weighted by molar-refractivity contribution is 6.23. The molecule has 52 valence electrons. The molecule has 1 heteroatoms. The van der Waals surface area contributed by atoms with Gasteiger partial charge in [0.05, 0.1) is 0 Å². The van der Waals surface area contributed by atoms with E-state index in [0.29, 0.717) is 10.8 Å². The van der Waals surface area contributed by atoms with Crippen molar-refractivity contribution >= 4 is 11.6 Å². The number of fused-ring (bicyclic) bond motifs is 1. The van der Waals surface area contributed by atoms with E-state index in [-0.39, 0.29) is 0 Å². The van der Waals surface area contributed by atoms with Crippen molar-refractivity contribution in [2.24, 2.45) is 11.3 Å². The molecule has 0 nitrogen and oxygen atoms in total. The Hall–Kier alpha value is 0.290. The molecule has 9 heavy (non-hydrogen) atoms. The van der Waals surface area contributed by atoms with Gasteiger partial charge in [-0.15, -0.1) is 11.6 Å². The maximum atomic E-state index is 6.10. The molecule has 3 atom stereocenters. The van der Waals surface area contributed by atoms with E-state index in [4.69, 9.17) is 11.6 Å². The Morgan fingerprint density at radius 2 is 2.22 bits per heavy atom. The van der Waals surface area contributed by atoms with Crippen LogP contribution in [0.5, 0.6) is 0 Å². The van der Waals surface area contributed by atoms with E-state index in [9.17, 15) is 0 Å². The van der Waals surface area contributed by atoms with Gasteiger partial charge in [-0.2, -0.15) is 0 Å². The van der Waals surface area contributed by atoms with Crippen LogP contribution in [0, 0.1) is 11.3 Å². The molecule has 1 unspecified atom stereocenters. The van der Waals surface area contributed by atoms with Crippen molar-refractivity contribution in [2.45, 2.75) is 38.0 Å². The van der Waals surface area contributed by atoms with Gasteiger partial charge in [-0.25, -0.2) is 0 Å². The topological polar surface area (TPSA) is 0 Å². The van der Waals surface area contributed by atoms with Crippen LogP contribution >= 0.6 is 11.6 Å². The summed E-state index contributed by atoms with van der Waals surface area (Å²) in [6.07, 6.45) is 5.61. The highest BCUT2D eigenvalue weighted by Crippen LogP contribution is 2.63. The Bertz CT molecular complexity index is 133. The summed E-state index contributed by atoms with van der Waals surface area (Å²) >= 11 is 6.10. The summed E-state index contributed by atoms with van der Waals surface area (Å²) in [6, 6.07) is 0. The first-order chi connectivity index (χ1) is 4.25. The van der Waals surface area contributed by atoms with Crippen LogP contribution in [0.2, 0.25) is 0 Å². The monoisotopic (exact) mass is 144 g/mol. The van der Waals surface area contributed by atoms with E-state index >= 15 is 0 Å². The van der Waals surface area contributed by atoms with Crippen molar-refractivity contribution < 1.29 is 0 Å². The molecule has 0 heterocycles. The lowest BCUT2D eigenvalue weighted by atomic mass is 9.90. The Labute approximate surface area is 61.6 Å². The summed E-state index contributed by atoms with van der Waals surface area (Å²) in [7, 11) is 0. The van der Waals surface area contributed by atoms with Gasteiger partial charge in [0.25, 0.3) is 0 Å². The summed E-state index contributed by atoms with van der Waals surface area (Å²) in [5.41, 5.74) is 0.569. The molecule has 0 amide bonds. The lowest BCUT2D eigenvalue weighted by Crippen LogP contribution is -2.04. The van der Waals surface area contributed by atoms with Gasteiger partial charge < -0.3 is 0 Å². The Balaban J connectivity index is 2.10. The van der Waals surface area contributed by atoms with Gasteiger partial charge in [0.1, 0.15) is 0 Å². The van der Waals surface area contributed by atoms with E-state index in [1.54, 1.807) is 0 Å². The quantitative estimate of drug-likeness (QED) is 0.459. The third kappa shape index (κ3) is 0.660. The molecule has 0 spiro atoms. The van der Waals surface area contributed by atoms with Gasteiger partial charge in [0.15, 0.2) is 0 Å². The number of halogens is 1. The Kier molecular flexibility index (Phi) is 1.11. The van der Waals surface area contributed by atoms with Crippen LogP contribution in [0.25, 0.3) is 0 Å². The van der Waals surface area contributed by atoms with Gasteiger partial charge in [0, 0.05) is 5.38 Å². The third-order valence-corrected chi connectivity index (χ3v) is 4.00. The van der Waals surface area contributed by atoms with Gasteiger partial charge in [-0.3, -0.25) is 0 Å². The van der Waals surface area contributed by atoms with Crippen molar-refractivity contribution in [1.82, 2.24) is 0 Å². The minimum absolute atomic E-state index is 0.528. The van der Waals surface area contributed by atoms with Crippen LogP contribution in [0.1, 0.15) is 32.6 Å². The summed E-state index contributed by atoms with van der Waals surface area (Å²) in [5, 5.41) is 0.528. The minimum atomic E-state index is 0.528. The average molecular weight is 145 g/mol. The molecular formula is C8H13Cl. The molecule has 0 saturated heterocycles. The van der Waals surface area contributed by atoms with Gasteiger partial charge >= 0.3 is 0 Å². The van der Waals surface area contributed by atoms with Crippen LogP contribution < -0.4 is 0 Å². The number of hydrogen-bond acceptors (Lipinski definition) is 0. The van der Waals surface area contributed by atoms with Crippen LogP contribution in [-0.4, -0.2) is 5.38 Å². The molecule has 0 aliphatic heterocycles. The number of hydrogen-bond donors (Lipinski definition) is 0. The second kappa shape index (κ2) is 1.66. The zero-order valence-electron chi connectivity index (χ0n) is 5.86. The molecular weight excluding hydrogens is 132 g/mol. The first-order valence-electron chi connectivity index (χ1n) is 3.89. The molecule has 0 N–H and O–H groups in total. The highest BCUT2D eigenvalue weighted by Gasteiger charge is 2.60. The lowest BCUT2D eigenvalue weighted by Gasteiger charge is -2.15. The predicted octanol–water partition coefficient (Wildman–Crippen LogP) is 2.80. The molecule has 2 fully saturated rings. The fraction of sp³-hybridized carbons (Fsp3) is 1.00. The second-order valence-electron chi connectivity index (χ2n) is 3.76. The standard InChI is InChI=1S/C8H13Cl/c1-8-5-3-2-4-6(8)7(8)9/h6-7H,2-5H2,1H3/t6-,7?,8-/m0/s1. The lowest BCUT2D eigenvalue weighted by molar-refractivity contribution is 0.366. The molecule has 0 aromatic heterocycles. The Morgan fingerprint density at radius 3 is 2.67 bits per heavy atom. The van der Waals surface area contributed by atoms with Gasteiger partial charge in [-0.1, -0.05) is 19.8 Å². The SMILES string of the molecule is C[C@]12CCCC[C@H]1C2Cl. The minimum Gasteiger partial charge on any atom is -0.122 e. The smallest absolute Gasteiger partial charge is 0.0426 e. The zero-order chi connectivity index (χ0) is 6.48. The van der Waals surface area contributed by atoms with E-state index in [1.165, 1.54) is 25.7 Å². The third-order valence-electron chi connectivity index (χ3n) is 3.20. The first kappa shape index (κ1) is 6.03. The molecule has 2 saturated carbocycles. The zero-order valence-corrected chi connectivity index (χ0v) is 6.62. The average Bonchev–Trinajstić information content (AvgIpc) is 2.38. The largest absolute Gasteiger partial charge is 0.122 e. The van der Waals surface area contributed by atoms with Crippen molar-refractivity contribution in [3.8, 4) is 0 Å². The van der Waals surface area contributed by atoms with E-state index in [2.05, 4.69) is 6.92 Å². The van der Waals surface area contributed by atoms with Crippen molar-refractivity contribution in [1.29, 1.82) is 0 Å². The molecule has 2 rings (SSSR count). The fourth-order valence-electron chi connectivity index (χ4n) is 2.27. The summed E-state index contributed by atoms with van der Waals surface area (Å²) in [5.74, 6) is 0.882. The van der Waals surface area contributed by atoms with Crippen LogP contribution in [0.4, 0.5) is 0 Å². The maximum absolute atomic E-state index is 6.10. The van der Waals surface area contributed by atoms with Crippen molar-refractivity contribution in [2.75, 3.05) is 0 Å². The van der Waals surface area contributed by atoms with E-state index < -0.39 is 0 Å². The first-order valence-corrected chi connectivity index (χ1v) is 4.33. The van der Waals surface area contributed by atoms with Crippen LogP contribution in [-0.2, 0) is 0 Å². The van der Waals surface area contributed by atoms with E-state index in [1.807, 2.05) is 0 Å². The molecule has 0 aromatic carbocycles. The van der Waals surface area contributed by atoms with Crippen LogP contribution in [0.3, 0.4) is 0 Å². The molecule has 0 radical (unpaired) electrons. The highest BCUT2D eigenvalue weighted by atomic mass is 35.5. The summed E-state index contributed by atoms with van der Waals surface area (Å²) in [6.45, 7) is 2.34. The Morgan fingerprint density at radius 1 is 1.44 bits per heavy atom. The van der Waals surface area contributed by atoms with Crippen molar-refractivity contribution in [3.05, 3.63) is 0 Å². The fourth-order valence-corrected chi connectivity index (χ4v) is 2.88. The second-order valence-corrected chi connectivity index (χ2v) is 4.23. The maximum Gasteiger partial charge on any atom is 0.0426 e. The van der Waals surface area contributed by atoms with Gasteiger partial charge in [0.2, 0.25) is 0 Å². The molecule has 0 bridgehead atoms. The molecule has 0 aromatic rings. The van der Waals surface area contributed by atoms with Crippen LogP contribution in [0.15, 0.2) is 0 Å². The number of alkyl halides is 1. The van der Waals surface area contributed by atoms with Gasteiger partial charge in [-0.05, 0) is 24.2 Å². The van der Waals surface area contributed by atoms with E-state index in [0.717, 1.165) is 5.92 Å². The normalized spacial score (nSPS) is 56.7. The molecule has 2 aliphatic carbocycles.